The van der Waals surface area contributed by atoms with E-state index in [4.69, 9.17) is 4.84 Å². The molecule has 2 heteroatoms. The first-order chi connectivity index (χ1) is 7.86. The molecule has 0 amide bonds. The minimum atomic E-state index is 0.787. The Kier molecular flexibility index (Phi) is 6.66. The highest BCUT2D eigenvalue weighted by Crippen LogP contribution is 2.10. The molecule has 0 aromatic heterocycles. The van der Waals surface area contributed by atoms with Crippen LogP contribution in [-0.4, -0.2) is 6.61 Å². The number of rotatable bonds is 8. The standard InChI is InChI=1S/C14H23NO/c1-3-5-6-7-12-16-15-14-10-8-13(4-2)9-11-14/h8-11,15H,3-7,12H2,1-2H3. The highest BCUT2D eigenvalue weighted by Gasteiger charge is 1.93. The van der Waals surface area contributed by atoms with E-state index in [1.807, 2.05) is 0 Å². The van der Waals surface area contributed by atoms with Gasteiger partial charge in [-0.15, -0.1) is 0 Å². The van der Waals surface area contributed by atoms with Gasteiger partial charge in [-0.3, -0.25) is 10.3 Å². The van der Waals surface area contributed by atoms with Gasteiger partial charge < -0.3 is 0 Å². The molecule has 2 nitrogen and oxygen atoms in total. The van der Waals surface area contributed by atoms with Gasteiger partial charge >= 0.3 is 0 Å². The molecule has 16 heavy (non-hydrogen) atoms. The van der Waals surface area contributed by atoms with Crippen LogP contribution in [0.15, 0.2) is 24.3 Å². The van der Waals surface area contributed by atoms with Gasteiger partial charge in [-0.2, -0.15) is 0 Å². The highest BCUT2D eigenvalue weighted by atomic mass is 16.6. The molecule has 1 aromatic carbocycles. The summed E-state index contributed by atoms with van der Waals surface area (Å²) < 4.78 is 0. The van der Waals surface area contributed by atoms with Gasteiger partial charge in [-0.1, -0.05) is 45.2 Å². The van der Waals surface area contributed by atoms with Crippen LogP contribution in [0.3, 0.4) is 0 Å². The van der Waals surface area contributed by atoms with Gasteiger partial charge in [0.1, 0.15) is 0 Å². The summed E-state index contributed by atoms with van der Waals surface area (Å²) in [5.74, 6) is 0. The van der Waals surface area contributed by atoms with E-state index in [0.29, 0.717) is 0 Å². The Labute approximate surface area is 99.0 Å². The predicted octanol–water partition coefficient (Wildman–Crippen LogP) is 4.17. The highest BCUT2D eigenvalue weighted by molar-refractivity contribution is 5.42. The first-order valence-electron chi connectivity index (χ1n) is 6.33. The number of aryl methyl sites for hydroxylation is 1. The second kappa shape index (κ2) is 8.17. The summed E-state index contributed by atoms with van der Waals surface area (Å²) in [7, 11) is 0. The van der Waals surface area contributed by atoms with Crippen LogP contribution in [0, 0.1) is 0 Å². The van der Waals surface area contributed by atoms with Crippen LogP contribution in [-0.2, 0) is 11.3 Å². The number of hydrogen-bond donors (Lipinski definition) is 1. The Morgan fingerprint density at radius 1 is 1.00 bits per heavy atom. The number of hydrogen-bond acceptors (Lipinski definition) is 2. The third-order valence-electron chi connectivity index (χ3n) is 2.65. The molecule has 0 aliphatic rings. The van der Waals surface area contributed by atoms with E-state index in [2.05, 4.69) is 43.6 Å². The lowest BCUT2D eigenvalue weighted by Gasteiger charge is -2.07. The fourth-order valence-corrected chi connectivity index (χ4v) is 1.54. The van der Waals surface area contributed by atoms with Crippen molar-refractivity contribution in [2.24, 2.45) is 0 Å². The van der Waals surface area contributed by atoms with Crippen molar-refractivity contribution < 1.29 is 4.84 Å². The van der Waals surface area contributed by atoms with Gasteiger partial charge in [0, 0.05) is 0 Å². The Bertz CT molecular complexity index is 269. The maximum absolute atomic E-state index is 5.39. The first-order valence-corrected chi connectivity index (χ1v) is 6.33. The molecule has 0 heterocycles. The van der Waals surface area contributed by atoms with E-state index >= 15 is 0 Å². The largest absolute Gasteiger partial charge is 0.276 e. The van der Waals surface area contributed by atoms with Crippen molar-refractivity contribution >= 4 is 5.69 Å². The summed E-state index contributed by atoms with van der Waals surface area (Å²) in [6, 6.07) is 8.38. The zero-order valence-corrected chi connectivity index (χ0v) is 10.5. The smallest absolute Gasteiger partial charge is 0.0746 e. The minimum absolute atomic E-state index is 0.787. The average molecular weight is 221 g/mol. The monoisotopic (exact) mass is 221 g/mol. The molecule has 0 radical (unpaired) electrons. The van der Waals surface area contributed by atoms with Crippen molar-refractivity contribution in [2.75, 3.05) is 12.1 Å². The zero-order chi connectivity index (χ0) is 11.6. The molecule has 0 saturated carbocycles. The van der Waals surface area contributed by atoms with Crippen LogP contribution in [0.25, 0.3) is 0 Å². The topological polar surface area (TPSA) is 21.3 Å². The molecule has 0 aliphatic heterocycles. The molecule has 90 valence electrons. The molecule has 0 atom stereocenters. The molecule has 1 rings (SSSR count). The first kappa shape index (κ1) is 13.0. The second-order valence-corrected chi connectivity index (χ2v) is 4.06. The van der Waals surface area contributed by atoms with Crippen molar-refractivity contribution in [2.45, 2.75) is 46.0 Å². The second-order valence-electron chi connectivity index (χ2n) is 4.06. The molecule has 0 spiro atoms. The summed E-state index contributed by atoms with van der Waals surface area (Å²) in [6.07, 6.45) is 6.04. The van der Waals surface area contributed by atoms with Gasteiger partial charge in [0.15, 0.2) is 0 Å². The van der Waals surface area contributed by atoms with Crippen molar-refractivity contribution in [3.8, 4) is 0 Å². The van der Waals surface area contributed by atoms with Gasteiger partial charge in [0.25, 0.3) is 0 Å². The molecule has 0 unspecified atom stereocenters. The van der Waals surface area contributed by atoms with Gasteiger partial charge in [0.2, 0.25) is 0 Å². The molecule has 0 bridgehead atoms. The van der Waals surface area contributed by atoms with Crippen LogP contribution in [0.4, 0.5) is 5.69 Å². The average Bonchev–Trinajstić information content (AvgIpc) is 2.34. The number of nitrogens with one attached hydrogen (secondary N) is 1. The Hall–Kier alpha value is -1.02. The van der Waals surface area contributed by atoms with Crippen molar-refractivity contribution in [3.05, 3.63) is 29.8 Å². The van der Waals surface area contributed by atoms with Gasteiger partial charge in [0.05, 0.1) is 12.3 Å². The van der Waals surface area contributed by atoms with E-state index in [1.165, 1.54) is 24.8 Å². The maximum Gasteiger partial charge on any atom is 0.0746 e. The molecule has 0 saturated heterocycles. The van der Waals surface area contributed by atoms with E-state index in [1.54, 1.807) is 0 Å². The molecule has 1 N–H and O–H groups in total. The molecule has 1 aromatic rings. The number of anilines is 1. The third kappa shape index (κ3) is 5.17. The Morgan fingerprint density at radius 3 is 2.38 bits per heavy atom. The lowest BCUT2D eigenvalue weighted by molar-refractivity contribution is 0.187. The van der Waals surface area contributed by atoms with Crippen LogP contribution in [0.1, 0.15) is 45.1 Å². The summed E-state index contributed by atoms with van der Waals surface area (Å²) in [4.78, 5) is 5.39. The maximum atomic E-state index is 5.39. The summed E-state index contributed by atoms with van der Waals surface area (Å²) >= 11 is 0. The fraction of sp³-hybridized carbons (Fsp3) is 0.571. The van der Waals surface area contributed by atoms with Crippen LogP contribution >= 0.6 is 0 Å². The number of benzene rings is 1. The Balaban J connectivity index is 2.12. The van der Waals surface area contributed by atoms with Crippen molar-refractivity contribution in [3.63, 3.8) is 0 Å². The minimum Gasteiger partial charge on any atom is -0.276 e. The van der Waals surface area contributed by atoms with Gasteiger partial charge in [-0.25, -0.2) is 0 Å². The van der Waals surface area contributed by atoms with Crippen LogP contribution in [0.2, 0.25) is 0 Å². The van der Waals surface area contributed by atoms with Crippen molar-refractivity contribution in [1.82, 2.24) is 0 Å². The van der Waals surface area contributed by atoms with Gasteiger partial charge in [-0.05, 0) is 30.5 Å². The number of unbranched alkanes of at least 4 members (excludes halogenated alkanes) is 3. The predicted molar refractivity (Wildman–Crippen MR) is 69.5 cm³/mol. The lowest BCUT2D eigenvalue weighted by Crippen LogP contribution is -2.02. The summed E-state index contributed by atoms with van der Waals surface area (Å²) in [5.41, 5.74) is 5.36. The van der Waals surface area contributed by atoms with Crippen LogP contribution in [0.5, 0.6) is 0 Å². The quantitative estimate of drug-likeness (QED) is 0.525. The van der Waals surface area contributed by atoms with E-state index in [-0.39, 0.29) is 0 Å². The molecular formula is C14H23NO. The lowest BCUT2D eigenvalue weighted by atomic mass is 10.2. The van der Waals surface area contributed by atoms with E-state index in [0.717, 1.165) is 25.1 Å². The molecule has 0 aliphatic carbocycles. The van der Waals surface area contributed by atoms with Crippen LogP contribution < -0.4 is 5.48 Å². The fourth-order valence-electron chi connectivity index (χ4n) is 1.54. The molecule has 0 fully saturated rings. The summed E-state index contributed by atoms with van der Waals surface area (Å²) in [5, 5.41) is 0. The third-order valence-corrected chi connectivity index (χ3v) is 2.65. The molecular weight excluding hydrogens is 198 g/mol. The normalized spacial score (nSPS) is 10.4. The Morgan fingerprint density at radius 2 is 1.75 bits per heavy atom. The van der Waals surface area contributed by atoms with E-state index < -0.39 is 0 Å². The zero-order valence-electron chi connectivity index (χ0n) is 10.5. The SMILES string of the molecule is CCCCCCONc1ccc(CC)cc1. The van der Waals surface area contributed by atoms with E-state index in [9.17, 15) is 0 Å². The van der Waals surface area contributed by atoms with Crippen molar-refractivity contribution in [1.29, 1.82) is 0 Å². The summed E-state index contributed by atoms with van der Waals surface area (Å²) in [6.45, 7) is 5.16.